The minimum Gasteiger partial charge on any atom is -0.493 e. The number of benzene rings is 2. The second-order valence-corrected chi connectivity index (χ2v) is 9.27. The molecule has 6 nitrogen and oxygen atoms in total. The first kappa shape index (κ1) is 21.9. The van der Waals surface area contributed by atoms with Crippen molar-refractivity contribution in [1.82, 2.24) is 9.62 Å². The molecule has 0 unspecified atom stereocenters. The molecule has 1 N–H and O–H groups in total. The molecule has 0 aromatic heterocycles. The first-order chi connectivity index (χ1) is 13.9. The number of ether oxygens (including phenoxy) is 2. The molecule has 2 aromatic carbocycles. The predicted molar refractivity (Wildman–Crippen MR) is 114 cm³/mol. The van der Waals surface area contributed by atoms with Crippen LogP contribution in [0.1, 0.15) is 24.0 Å². The van der Waals surface area contributed by atoms with Crippen molar-refractivity contribution in [3.8, 4) is 11.5 Å². The van der Waals surface area contributed by atoms with E-state index in [2.05, 4.69) is 21.8 Å². The lowest BCUT2D eigenvalue weighted by Crippen LogP contribution is -2.32. The molecule has 1 aliphatic rings. The van der Waals surface area contributed by atoms with Crippen LogP contribution in [0.15, 0.2) is 41.3 Å². The molecule has 3 rings (SSSR count). The van der Waals surface area contributed by atoms with E-state index in [1.165, 1.54) is 17.2 Å². The molecule has 1 aliphatic heterocycles. The van der Waals surface area contributed by atoms with Crippen LogP contribution in [0.5, 0.6) is 11.5 Å². The number of methoxy groups -OCH3 is 2. The molecule has 0 bridgehead atoms. The average Bonchev–Trinajstić information content (AvgIpc) is 2.72. The highest BCUT2D eigenvalue weighted by atomic mass is 35.5. The van der Waals surface area contributed by atoms with Crippen LogP contribution in [-0.4, -0.2) is 47.2 Å². The van der Waals surface area contributed by atoms with Gasteiger partial charge in [0, 0.05) is 24.7 Å². The van der Waals surface area contributed by atoms with Gasteiger partial charge in [-0.25, -0.2) is 13.1 Å². The molecule has 2 aromatic rings. The third-order valence-electron chi connectivity index (χ3n) is 5.10. The predicted octanol–water partition coefficient (Wildman–Crippen LogP) is 3.47. The topological polar surface area (TPSA) is 67.9 Å². The van der Waals surface area contributed by atoms with Crippen LogP contribution in [0.4, 0.5) is 0 Å². The van der Waals surface area contributed by atoms with Crippen molar-refractivity contribution in [3.63, 3.8) is 0 Å². The van der Waals surface area contributed by atoms with Crippen molar-refractivity contribution in [2.75, 3.05) is 33.9 Å². The van der Waals surface area contributed by atoms with Crippen LogP contribution in [-0.2, 0) is 23.0 Å². The van der Waals surface area contributed by atoms with Gasteiger partial charge in [-0.2, -0.15) is 0 Å². The zero-order chi connectivity index (χ0) is 20.9. The molecule has 0 atom stereocenters. The maximum absolute atomic E-state index is 12.3. The molecule has 0 fully saturated rings. The number of nitrogens with zero attached hydrogens (tertiary/aromatic N) is 1. The number of hydrogen-bond donors (Lipinski definition) is 1. The Kier molecular flexibility index (Phi) is 7.40. The van der Waals surface area contributed by atoms with Crippen LogP contribution < -0.4 is 14.2 Å². The number of unbranched alkanes of at least 4 members (excludes halogenated alkanes) is 1. The second kappa shape index (κ2) is 9.80. The minimum absolute atomic E-state index is 0.196. The number of fused-ring (bicyclic) bond motifs is 1. The molecule has 158 valence electrons. The van der Waals surface area contributed by atoms with Gasteiger partial charge in [0.2, 0.25) is 10.0 Å². The molecular weight excluding hydrogens is 412 g/mol. The number of halogens is 1. The second-order valence-electron chi connectivity index (χ2n) is 7.06. The van der Waals surface area contributed by atoms with E-state index in [4.69, 9.17) is 21.1 Å². The highest BCUT2D eigenvalue weighted by Gasteiger charge is 2.19. The monoisotopic (exact) mass is 438 g/mol. The molecular formula is C21H27ClN2O4S. The Morgan fingerprint density at radius 3 is 2.48 bits per heavy atom. The Morgan fingerprint density at radius 1 is 1.07 bits per heavy atom. The summed E-state index contributed by atoms with van der Waals surface area (Å²) in [5.41, 5.74) is 2.56. The molecule has 29 heavy (non-hydrogen) atoms. The summed E-state index contributed by atoms with van der Waals surface area (Å²) in [4.78, 5) is 2.58. The third kappa shape index (κ3) is 5.63. The summed E-state index contributed by atoms with van der Waals surface area (Å²) in [6.07, 6.45) is 2.66. The molecule has 0 radical (unpaired) electrons. The SMILES string of the molecule is COc1cc2c(cc1OC)CN(CCCCNS(=O)(=O)c1cccc(Cl)c1)CC2. The van der Waals surface area contributed by atoms with Crippen LogP contribution in [0.25, 0.3) is 0 Å². The fraction of sp³-hybridized carbons (Fsp3) is 0.429. The lowest BCUT2D eigenvalue weighted by molar-refractivity contribution is 0.248. The first-order valence-electron chi connectivity index (χ1n) is 9.64. The normalized spacial score (nSPS) is 14.4. The van der Waals surface area contributed by atoms with Gasteiger partial charge in [0.1, 0.15) is 0 Å². The van der Waals surface area contributed by atoms with Gasteiger partial charge in [-0.1, -0.05) is 17.7 Å². The molecule has 1 heterocycles. The van der Waals surface area contributed by atoms with Crippen LogP contribution in [0.2, 0.25) is 5.02 Å². The Bertz CT molecular complexity index is 950. The van der Waals surface area contributed by atoms with Gasteiger partial charge < -0.3 is 9.47 Å². The molecule has 0 amide bonds. The molecule has 0 aliphatic carbocycles. The molecule has 0 saturated heterocycles. The number of nitrogens with one attached hydrogen (secondary N) is 1. The van der Waals surface area contributed by atoms with Crippen LogP contribution in [0, 0.1) is 0 Å². The molecule has 0 spiro atoms. The van der Waals surface area contributed by atoms with Gasteiger partial charge >= 0.3 is 0 Å². The lowest BCUT2D eigenvalue weighted by atomic mass is 9.98. The fourth-order valence-corrected chi connectivity index (χ4v) is 4.89. The maximum atomic E-state index is 12.3. The van der Waals surface area contributed by atoms with E-state index in [1.807, 2.05) is 0 Å². The largest absolute Gasteiger partial charge is 0.493 e. The average molecular weight is 439 g/mol. The first-order valence-corrected chi connectivity index (χ1v) is 11.5. The van der Waals surface area contributed by atoms with Gasteiger partial charge in [-0.15, -0.1) is 0 Å². The van der Waals surface area contributed by atoms with E-state index in [0.717, 1.165) is 50.4 Å². The summed E-state index contributed by atoms with van der Waals surface area (Å²) < 4.78 is 38.0. The fourth-order valence-electron chi connectivity index (χ4n) is 3.52. The van der Waals surface area contributed by atoms with Crippen molar-refractivity contribution in [3.05, 3.63) is 52.5 Å². The van der Waals surface area contributed by atoms with Crippen LogP contribution >= 0.6 is 11.6 Å². The minimum atomic E-state index is -3.52. The highest BCUT2D eigenvalue weighted by molar-refractivity contribution is 7.89. The Labute approximate surface area is 177 Å². The highest BCUT2D eigenvalue weighted by Crippen LogP contribution is 2.33. The summed E-state index contributed by atoms with van der Waals surface area (Å²) in [7, 11) is -0.215. The Balaban J connectivity index is 1.46. The van der Waals surface area contributed by atoms with Gasteiger partial charge in [-0.3, -0.25) is 4.90 Å². The van der Waals surface area contributed by atoms with E-state index in [-0.39, 0.29) is 4.90 Å². The number of sulfonamides is 1. The van der Waals surface area contributed by atoms with Crippen LogP contribution in [0.3, 0.4) is 0 Å². The van der Waals surface area contributed by atoms with Crippen molar-refractivity contribution in [1.29, 1.82) is 0 Å². The van der Waals surface area contributed by atoms with Crippen molar-refractivity contribution < 1.29 is 17.9 Å². The summed E-state index contributed by atoms with van der Waals surface area (Å²) in [6, 6.07) is 10.4. The van der Waals surface area contributed by atoms with Gasteiger partial charge in [0.05, 0.1) is 19.1 Å². The summed E-state index contributed by atoms with van der Waals surface area (Å²) >= 11 is 5.88. The van der Waals surface area contributed by atoms with E-state index < -0.39 is 10.0 Å². The van der Waals surface area contributed by atoms with E-state index in [0.29, 0.717) is 11.6 Å². The standard InChI is InChI=1S/C21H27ClN2O4S/c1-27-20-12-16-8-11-24(15-17(16)13-21(20)28-2)10-4-3-9-23-29(25,26)19-7-5-6-18(22)14-19/h5-7,12-14,23H,3-4,8-11,15H2,1-2H3. The smallest absolute Gasteiger partial charge is 0.240 e. The van der Waals surface area contributed by atoms with E-state index in [9.17, 15) is 8.42 Å². The zero-order valence-corrected chi connectivity index (χ0v) is 18.4. The van der Waals surface area contributed by atoms with E-state index in [1.54, 1.807) is 32.4 Å². The van der Waals surface area contributed by atoms with Crippen molar-refractivity contribution >= 4 is 21.6 Å². The summed E-state index contributed by atoms with van der Waals surface area (Å²) in [6.45, 7) is 3.18. The zero-order valence-electron chi connectivity index (χ0n) is 16.8. The van der Waals surface area contributed by atoms with Gasteiger partial charge in [-0.05, 0) is 67.3 Å². The number of hydrogen-bond acceptors (Lipinski definition) is 5. The van der Waals surface area contributed by atoms with Gasteiger partial charge in [0.15, 0.2) is 11.5 Å². The third-order valence-corrected chi connectivity index (χ3v) is 6.79. The van der Waals surface area contributed by atoms with Crippen molar-refractivity contribution in [2.24, 2.45) is 0 Å². The molecule has 0 saturated carbocycles. The maximum Gasteiger partial charge on any atom is 0.240 e. The van der Waals surface area contributed by atoms with Gasteiger partial charge in [0.25, 0.3) is 0 Å². The van der Waals surface area contributed by atoms with Crippen molar-refractivity contribution in [2.45, 2.75) is 30.7 Å². The van der Waals surface area contributed by atoms with E-state index >= 15 is 0 Å². The summed E-state index contributed by atoms with van der Waals surface area (Å²) in [5.74, 6) is 1.52. The Morgan fingerprint density at radius 2 is 1.79 bits per heavy atom. The lowest BCUT2D eigenvalue weighted by Gasteiger charge is -2.29. The molecule has 8 heteroatoms. The Hall–Kier alpha value is -1.80. The summed E-state index contributed by atoms with van der Waals surface area (Å²) in [5, 5.41) is 0.410. The number of rotatable bonds is 9. The quantitative estimate of drug-likeness (QED) is 0.607.